The highest BCUT2D eigenvalue weighted by Crippen LogP contribution is 2.30. The summed E-state index contributed by atoms with van der Waals surface area (Å²) < 4.78 is 0. The van der Waals surface area contributed by atoms with E-state index < -0.39 is 0 Å². The molecule has 0 radical (unpaired) electrons. The zero-order chi connectivity index (χ0) is 9.19. The third-order valence-corrected chi connectivity index (χ3v) is 2.41. The molecule has 3 nitrogen and oxygen atoms in total. The molecule has 1 atom stereocenters. The highest BCUT2D eigenvalue weighted by molar-refractivity contribution is 5.77. The molecule has 0 aromatic rings. The van der Waals surface area contributed by atoms with Crippen molar-refractivity contribution in [3.63, 3.8) is 0 Å². The number of nitrogens with two attached hydrogens (primary N) is 1. The number of nitrogens with one attached hydrogen (secondary N) is 1. The number of rotatable bonds is 3. The Morgan fingerprint density at radius 3 is 2.58 bits per heavy atom. The quantitative estimate of drug-likeness (QED) is 0.657. The molecular formula is C9H18N2O. The lowest BCUT2D eigenvalue weighted by Crippen LogP contribution is -2.51. The van der Waals surface area contributed by atoms with E-state index in [1.807, 2.05) is 6.92 Å². The molecule has 1 saturated carbocycles. The fraction of sp³-hybridized carbons (Fsp3) is 0.889. The molecule has 0 saturated heterocycles. The number of carbonyl (C=O) groups is 1. The summed E-state index contributed by atoms with van der Waals surface area (Å²) in [5.74, 6) is 0.0900. The van der Waals surface area contributed by atoms with Gasteiger partial charge in [0.25, 0.3) is 0 Å². The van der Waals surface area contributed by atoms with Crippen molar-refractivity contribution in [1.29, 1.82) is 0 Å². The van der Waals surface area contributed by atoms with Crippen LogP contribution in [0.4, 0.5) is 0 Å². The molecule has 0 aliphatic heterocycles. The molecule has 0 aromatic heterocycles. The lowest BCUT2D eigenvalue weighted by Gasteiger charge is -2.39. The minimum atomic E-state index is -0.0336. The van der Waals surface area contributed by atoms with Gasteiger partial charge in [-0.05, 0) is 33.1 Å². The molecule has 3 heteroatoms. The van der Waals surface area contributed by atoms with Gasteiger partial charge < -0.3 is 11.1 Å². The molecule has 0 bridgehead atoms. The van der Waals surface area contributed by atoms with Gasteiger partial charge in [-0.15, -0.1) is 0 Å². The molecule has 1 fully saturated rings. The van der Waals surface area contributed by atoms with Crippen LogP contribution in [0.5, 0.6) is 0 Å². The van der Waals surface area contributed by atoms with Crippen molar-refractivity contribution in [3.8, 4) is 0 Å². The SMILES string of the molecule is CC(N)CC(=O)NC1(C)CCC1. The monoisotopic (exact) mass is 170 g/mol. The van der Waals surface area contributed by atoms with Crippen LogP contribution in [-0.2, 0) is 4.79 Å². The fourth-order valence-corrected chi connectivity index (χ4v) is 1.51. The third kappa shape index (κ3) is 2.48. The van der Waals surface area contributed by atoms with E-state index in [2.05, 4.69) is 12.2 Å². The van der Waals surface area contributed by atoms with E-state index in [4.69, 9.17) is 5.73 Å². The van der Waals surface area contributed by atoms with Crippen LogP contribution < -0.4 is 11.1 Å². The summed E-state index contributed by atoms with van der Waals surface area (Å²) >= 11 is 0. The summed E-state index contributed by atoms with van der Waals surface area (Å²) in [4.78, 5) is 11.3. The Labute approximate surface area is 73.7 Å². The molecule has 70 valence electrons. The second kappa shape index (κ2) is 3.44. The molecule has 0 heterocycles. The number of amides is 1. The molecule has 1 aliphatic carbocycles. The highest BCUT2D eigenvalue weighted by atomic mass is 16.1. The summed E-state index contributed by atoms with van der Waals surface area (Å²) in [6, 6.07) is -0.0336. The maximum Gasteiger partial charge on any atom is 0.221 e. The van der Waals surface area contributed by atoms with Gasteiger partial charge in [0, 0.05) is 18.0 Å². The summed E-state index contributed by atoms with van der Waals surface area (Å²) in [5.41, 5.74) is 5.59. The maximum atomic E-state index is 11.3. The smallest absolute Gasteiger partial charge is 0.221 e. The summed E-state index contributed by atoms with van der Waals surface area (Å²) in [6.45, 7) is 3.94. The van der Waals surface area contributed by atoms with E-state index in [9.17, 15) is 4.79 Å². The van der Waals surface area contributed by atoms with Crippen LogP contribution >= 0.6 is 0 Å². The zero-order valence-corrected chi connectivity index (χ0v) is 7.89. The van der Waals surface area contributed by atoms with Crippen LogP contribution in [0.15, 0.2) is 0 Å². The van der Waals surface area contributed by atoms with Gasteiger partial charge in [0.05, 0.1) is 0 Å². The Morgan fingerprint density at radius 1 is 1.67 bits per heavy atom. The maximum absolute atomic E-state index is 11.3. The molecule has 1 amide bonds. The molecule has 12 heavy (non-hydrogen) atoms. The van der Waals surface area contributed by atoms with E-state index in [0.717, 1.165) is 12.8 Å². The third-order valence-electron chi connectivity index (χ3n) is 2.41. The zero-order valence-electron chi connectivity index (χ0n) is 7.89. The van der Waals surface area contributed by atoms with Crippen molar-refractivity contribution in [3.05, 3.63) is 0 Å². The van der Waals surface area contributed by atoms with Crippen molar-refractivity contribution in [1.82, 2.24) is 5.32 Å². The molecule has 1 aliphatic rings. The van der Waals surface area contributed by atoms with Gasteiger partial charge in [-0.2, -0.15) is 0 Å². The van der Waals surface area contributed by atoms with Crippen molar-refractivity contribution in [2.45, 2.75) is 51.1 Å². The normalized spacial score (nSPS) is 22.6. The lowest BCUT2D eigenvalue weighted by molar-refractivity contribution is -0.124. The van der Waals surface area contributed by atoms with Crippen molar-refractivity contribution in [2.24, 2.45) is 5.73 Å². The van der Waals surface area contributed by atoms with Crippen LogP contribution in [0.25, 0.3) is 0 Å². The first-order valence-corrected chi connectivity index (χ1v) is 4.58. The van der Waals surface area contributed by atoms with Crippen molar-refractivity contribution < 1.29 is 4.79 Å². The number of hydrogen-bond donors (Lipinski definition) is 2. The van der Waals surface area contributed by atoms with E-state index in [1.54, 1.807) is 0 Å². The van der Waals surface area contributed by atoms with Crippen LogP contribution in [0.3, 0.4) is 0 Å². The Morgan fingerprint density at radius 2 is 2.25 bits per heavy atom. The lowest BCUT2D eigenvalue weighted by atomic mass is 9.78. The summed E-state index contributed by atoms with van der Waals surface area (Å²) in [7, 11) is 0. The number of carbonyl (C=O) groups excluding carboxylic acids is 1. The fourth-order valence-electron chi connectivity index (χ4n) is 1.51. The van der Waals surface area contributed by atoms with Gasteiger partial charge in [0.2, 0.25) is 5.91 Å². The second-order valence-corrected chi connectivity index (χ2v) is 4.14. The summed E-state index contributed by atoms with van der Waals surface area (Å²) in [6.07, 6.45) is 3.89. The van der Waals surface area contributed by atoms with Gasteiger partial charge in [-0.25, -0.2) is 0 Å². The van der Waals surface area contributed by atoms with Crippen LogP contribution in [-0.4, -0.2) is 17.5 Å². The van der Waals surface area contributed by atoms with Crippen LogP contribution in [0.1, 0.15) is 39.5 Å². The first-order chi connectivity index (χ1) is 5.52. The molecular weight excluding hydrogens is 152 g/mol. The molecule has 0 spiro atoms. The van der Waals surface area contributed by atoms with Gasteiger partial charge >= 0.3 is 0 Å². The predicted molar refractivity (Wildman–Crippen MR) is 48.7 cm³/mol. The van der Waals surface area contributed by atoms with Crippen molar-refractivity contribution in [2.75, 3.05) is 0 Å². The molecule has 1 rings (SSSR count). The number of hydrogen-bond acceptors (Lipinski definition) is 2. The van der Waals surface area contributed by atoms with E-state index in [0.29, 0.717) is 6.42 Å². The Bertz CT molecular complexity index is 173. The van der Waals surface area contributed by atoms with Crippen LogP contribution in [0.2, 0.25) is 0 Å². The Hall–Kier alpha value is -0.570. The molecule has 1 unspecified atom stereocenters. The highest BCUT2D eigenvalue weighted by Gasteiger charge is 2.32. The molecule has 0 aromatic carbocycles. The average molecular weight is 170 g/mol. The Balaban J connectivity index is 2.26. The van der Waals surface area contributed by atoms with E-state index in [-0.39, 0.29) is 17.5 Å². The van der Waals surface area contributed by atoms with Gasteiger partial charge in [0.15, 0.2) is 0 Å². The minimum absolute atomic E-state index is 0.0336. The average Bonchev–Trinajstić information content (AvgIpc) is 1.81. The van der Waals surface area contributed by atoms with E-state index in [1.165, 1.54) is 6.42 Å². The van der Waals surface area contributed by atoms with Gasteiger partial charge in [0.1, 0.15) is 0 Å². The topological polar surface area (TPSA) is 55.1 Å². The first kappa shape index (κ1) is 9.52. The van der Waals surface area contributed by atoms with Gasteiger partial charge in [-0.3, -0.25) is 4.79 Å². The summed E-state index contributed by atoms with van der Waals surface area (Å²) in [5, 5.41) is 3.01. The van der Waals surface area contributed by atoms with Gasteiger partial charge in [-0.1, -0.05) is 0 Å². The first-order valence-electron chi connectivity index (χ1n) is 4.58. The second-order valence-electron chi connectivity index (χ2n) is 4.14. The Kier molecular flexibility index (Phi) is 2.73. The predicted octanol–water partition coefficient (Wildman–Crippen LogP) is 0.782. The van der Waals surface area contributed by atoms with E-state index >= 15 is 0 Å². The van der Waals surface area contributed by atoms with Crippen molar-refractivity contribution >= 4 is 5.91 Å². The minimum Gasteiger partial charge on any atom is -0.351 e. The van der Waals surface area contributed by atoms with Crippen LogP contribution in [0, 0.1) is 0 Å². The largest absolute Gasteiger partial charge is 0.351 e. The standard InChI is InChI=1S/C9H18N2O/c1-7(10)6-8(12)11-9(2)4-3-5-9/h7H,3-6,10H2,1-2H3,(H,11,12). The molecule has 3 N–H and O–H groups in total.